The van der Waals surface area contributed by atoms with Gasteiger partial charge in [0.15, 0.2) is 11.5 Å². The van der Waals surface area contributed by atoms with Crippen LogP contribution < -0.4 is 20.1 Å². The largest absolute Gasteiger partial charge is 0.448 e. The summed E-state index contributed by atoms with van der Waals surface area (Å²) in [7, 11) is 0. The summed E-state index contributed by atoms with van der Waals surface area (Å²) >= 11 is 0. The number of hydrogen-bond acceptors (Lipinski definition) is 6. The third-order valence-corrected chi connectivity index (χ3v) is 9.46. The van der Waals surface area contributed by atoms with E-state index in [1.165, 1.54) is 12.8 Å². The van der Waals surface area contributed by atoms with Crippen LogP contribution in [0.5, 0.6) is 11.5 Å². The maximum atomic E-state index is 6.77. The van der Waals surface area contributed by atoms with E-state index < -0.39 is 5.79 Å². The van der Waals surface area contributed by atoms with Crippen molar-refractivity contribution in [2.75, 3.05) is 13.1 Å². The van der Waals surface area contributed by atoms with Crippen LogP contribution in [-0.4, -0.2) is 38.8 Å². The van der Waals surface area contributed by atoms with Crippen molar-refractivity contribution in [1.82, 2.24) is 30.6 Å². The predicted molar refractivity (Wildman–Crippen MR) is 159 cm³/mol. The van der Waals surface area contributed by atoms with Crippen molar-refractivity contribution in [3.8, 4) is 33.8 Å². The number of rotatable bonds is 4. The van der Waals surface area contributed by atoms with Crippen molar-refractivity contribution in [3.05, 3.63) is 60.2 Å². The number of ether oxygens (including phenoxy) is 2. The number of aromatic nitrogens is 4. The molecule has 4 aliphatic rings. The zero-order valence-corrected chi connectivity index (χ0v) is 23.1. The minimum Gasteiger partial charge on any atom is -0.448 e. The molecule has 0 amide bonds. The zero-order valence-electron chi connectivity index (χ0n) is 23.1. The van der Waals surface area contributed by atoms with Crippen molar-refractivity contribution in [2.45, 2.75) is 69.2 Å². The SMILES string of the molecule is c1cc2nc(C3CCCN3)[nH]c2cc1-c1ccc(-c2ccc3nc(C4CCCN4)[nH]c3c2)c2c1OC1(CCCC1)O2. The second-order valence-corrected chi connectivity index (χ2v) is 12.1. The van der Waals surface area contributed by atoms with Crippen LogP contribution in [0.1, 0.15) is 75.1 Å². The molecule has 5 heterocycles. The summed E-state index contributed by atoms with van der Waals surface area (Å²) in [5.41, 5.74) is 8.41. The summed E-state index contributed by atoms with van der Waals surface area (Å²) < 4.78 is 13.5. The maximum absolute atomic E-state index is 6.77. The number of nitrogens with zero attached hydrogens (tertiary/aromatic N) is 2. The van der Waals surface area contributed by atoms with Gasteiger partial charge in [-0.05, 0) is 99.1 Å². The van der Waals surface area contributed by atoms with Gasteiger partial charge < -0.3 is 30.1 Å². The first kappa shape index (κ1) is 23.8. The zero-order chi connectivity index (χ0) is 27.0. The van der Waals surface area contributed by atoms with Gasteiger partial charge in [-0.3, -0.25) is 0 Å². The number of nitrogens with one attached hydrogen (secondary N) is 4. The van der Waals surface area contributed by atoms with Crippen LogP contribution in [0.4, 0.5) is 0 Å². The molecule has 9 rings (SSSR count). The molecule has 5 aromatic rings. The van der Waals surface area contributed by atoms with Gasteiger partial charge in [-0.25, -0.2) is 9.97 Å². The molecular formula is C33H34N6O2. The molecule has 3 fully saturated rings. The average Bonchev–Trinajstić information content (AvgIpc) is 3.83. The summed E-state index contributed by atoms with van der Waals surface area (Å²) in [5, 5.41) is 7.10. The van der Waals surface area contributed by atoms with Gasteiger partial charge in [-0.2, -0.15) is 0 Å². The van der Waals surface area contributed by atoms with E-state index in [0.29, 0.717) is 12.1 Å². The Morgan fingerprint density at radius 2 is 1.15 bits per heavy atom. The quantitative estimate of drug-likeness (QED) is 0.201. The lowest BCUT2D eigenvalue weighted by Gasteiger charge is -2.22. The number of benzene rings is 3. The van der Waals surface area contributed by atoms with Crippen LogP contribution >= 0.6 is 0 Å². The highest BCUT2D eigenvalue weighted by molar-refractivity contribution is 5.90. The van der Waals surface area contributed by atoms with Crippen molar-refractivity contribution in [1.29, 1.82) is 0 Å². The highest BCUT2D eigenvalue weighted by atomic mass is 16.7. The summed E-state index contributed by atoms with van der Waals surface area (Å²) in [6, 6.07) is 17.9. The Kier molecular flexibility index (Phi) is 5.26. The number of hydrogen-bond donors (Lipinski definition) is 4. The van der Waals surface area contributed by atoms with Gasteiger partial charge in [-0.15, -0.1) is 0 Å². The molecule has 208 valence electrons. The third kappa shape index (κ3) is 3.88. The normalized spacial score (nSPS) is 23.0. The highest BCUT2D eigenvalue weighted by Gasteiger charge is 2.46. The molecule has 1 saturated carbocycles. The molecule has 2 unspecified atom stereocenters. The average molecular weight is 547 g/mol. The lowest BCUT2D eigenvalue weighted by molar-refractivity contribution is -0.0712. The van der Waals surface area contributed by atoms with E-state index in [1.807, 2.05) is 0 Å². The molecule has 2 atom stereocenters. The van der Waals surface area contributed by atoms with Gasteiger partial charge in [-0.1, -0.05) is 12.1 Å². The van der Waals surface area contributed by atoms with Crippen molar-refractivity contribution in [2.24, 2.45) is 0 Å². The molecule has 2 aromatic heterocycles. The number of H-pyrrole nitrogens is 2. The second kappa shape index (κ2) is 9.06. The van der Waals surface area contributed by atoms with E-state index in [9.17, 15) is 0 Å². The molecular weight excluding hydrogens is 512 g/mol. The van der Waals surface area contributed by atoms with Crippen molar-refractivity contribution < 1.29 is 9.47 Å². The van der Waals surface area contributed by atoms with Crippen LogP contribution in [0.25, 0.3) is 44.3 Å². The monoisotopic (exact) mass is 546 g/mol. The molecule has 0 bridgehead atoms. The standard InChI is InChI=1S/C33H34N6O2/c1-2-14-33(13-1)40-29-21(19-7-11-23-27(17-19)38-31(36-23)25-5-3-15-34-25)9-10-22(30(29)41-33)20-8-12-24-28(18-20)39-32(37-24)26-6-4-16-35-26/h7-12,17-18,25-26,34-35H,1-6,13-16H2,(H,36,38)(H,37,39). The summed E-state index contributed by atoms with van der Waals surface area (Å²) in [5.74, 6) is 3.19. The van der Waals surface area contributed by atoms with Crippen LogP contribution in [0.3, 0.4) is 0 Å². The molecule has 0 radical (unpaired) electrons. The van der Waals surface area contributed by atoms with E-state index in [4.69, 9.17) is 19.4 Å². The minimum absolute atomic E-state index is 0.311. The number of imidazole rings is 2. The fraction of sp³-hybridized carbons (Fsp3) is 0.394. The van der Waals surface area contributed by atoms with Gasteiger partial charge in [0.25, 0.3) is 5.79 Å². The lowest BCUT2D eigenvalue weighted by atomic mass is 9.97. The first-order chi connectivity index (χ1) is 20.2. The molecule has 3 aliphatic heterocycles. The van der Waals surface area contributed by atoms with Gasteiger partial charge in [0.2, 0.25) is 0 Å². The first-order valence-corrected chi connectivity index (χ1v) is 15.2. The Morgan fingerprint density at radius 1 is 0.634 bits per heavy atom. The molecule has 2 saturated heterocycles. The predicted octanol–water partition coefficient (Wildman–Crippen LogP) is 6.66. The van der Waals surface area contributed by atoms with Gasteiger partial charge in [0.05, 0.1) is 34.2 Å². The fourth-order valence-electron chi connectivity index (χ4n) is 7.29. The second-order valence-electron chi connectivity index (χ2n) is 12.1. The number of fused-ring (bicyclic) bond motifs is 3. The fourth-order valence-corrected chi connectivity index (χ4v) is 7.29. The number of aromatic amines is 2. The first-order valence-electron chi connectivity index (χ1n) is 15.2. The molecule has 8 heteroatoms. The molecule has 8 nitrogen and oxygen atoms in total. The van der Waals surface area contributed by atoms with E-state index in [-0.39, 0.29) is 0 Å². The van der Waals surface area contributed by atoms with Crippen LogP contribution in [0, 0.1) is 0 Å². The van der Waals surface area contributed by atoms with Crippen LogP contribution in [-0.2, 0) is 0 Å². The van der Waals surface area contributed by atoms with Crippen LogP contribution in [0.15, 0.2) is 48.5 Å². The molecule has 4 N–H and O–H groups in total. The molecule has 3 aromatic carbocycles. The Hall–Kier alpha value is -3.88. The van der Waals surface area contributed by atoms with Crippen molar-refractivity contribution >= 4 is 22.1 Å². The third-order valence-electron chi connectivity index (χ3n) is 9.46. The molecule has 1 aliphatic carbocycles. The minimum atomic E-state index is -0.564. The smallest absolute Gasteiger partial charge is 0.251 e. The highest BCUT2D eigenvalue weighted by Crippen LogP contribution is 2.55. The lowest BCUT2D eigenvalue weighted by Crippen LogP contribution is -2.34. The molecule has 41 heavy (non-hydrogen) atoms. The molecule has 1 spiro atoms. The van der Waals surface area contributed by atoms with E-state index in [2.05, 4.69) is 69.1 Å². The Balaban J connectivity index is 1.13. The van der Waals surface area contributed by atoms with Gasteiger partial charge >= 0.3 is 0 Å². The van der Waals surface area contributed by atoms with Crippen LogP contribution in [0.2, 0.25) is 0 Å². The Morgan fingerprint density at radius 3 is 1.61 bits per heavy atom. The summed E-state index contributed by atoms with van der Waals surface area (Å²) in [4.78, 5) is 16.9. The van der Waals surface area contributed by atoms with E-state index in [1.54, 1.807) is 0 Å². The van der Waals surface area contributed by atoms with E-state index >= 15 is 0 Å². The maximum Gasteiger partial charge on any atom is 0.251 e. The summed E-state index contributed by atoms with van der Waals surface area (Å²) in [6.07, 6.45) is 8.69. The topological polar surface area (TPSA) is 99.9 Å². The van der Waals surface area contributed by atoms with Gasteiger partial charge in [0, 0.05) is 24.0 Å². The van der Waals surface area contributed by atoms with Gasteiger partial charge in [0.1, 0.15) is 11.6 Å². The Bertz CT molecular complexity index is 1660. The van der Waals surface area contributed by atoms with E-state index in [0.717, 1.165) is 119 Å². The van der Waals surface area contributed by atoms with Crippen molar-refractivity contribution in [3.63, 3.8) is 0 Å². The summed E-state index contributed by atoms with van der Waals surface area (Å²) in [6.45, 7) is 2.10. The Labute approximate surface area is 238 Å².